The van der Waals surface area contributed by atoms with E-state index in [4.69, 9.17) is 37.4 Å². The predicted octanol–water partition coefficient (Wildman–Crippen LogP) is 6.88. The van der Waals surface area contributed by atoms with E-state index in [9.17, 15) is 20.0 Å². The van der Waals surface area contributed by atoms with Crippen LogP contribution in [0.25, 0.3) is 0 Å². The topological polar surface area (TPSA) is 111 Å². The molecule has 0 amide bonds. The van der Waals surface area contributed by atoms with Gasteiger partial charge in [-0.2, -0.15) is 5.26 Å². The van der Waals surface area contributed by atoms with E-state index in [1.165, 1.54) is 39.7 Å². The number of ketones is 1. The average molecular weight is 602 g/mol. The molecule has 0 saturated heterocycles. The normalized spacial score (nSPS) is 10.8. The molecule has 0 spiro atoms. The molecule has 0 fully saturated rings. The minimum absolute atomic E-state index is 0.00192. The van der Waals surface area contributed by atoms with E-state index in [2.05, 4.69) is 6.92 Å². The van der Waals surface area contributed by atoms with Crippen LogP contribution in [-0.2, 0) is 13.0 Å². The number of unbranched alkanes of at least 4 members (excludes halogenated alkanes) is 4. The van der Waals surface area contributed by atoms with Crippen LogP contribution >= 0.6 is 23.2 Å². The van der Waals surface area contributed by atoms with E-state index in [0.29, 0.717) is 24.5 Å². The quantitative estimate of drug-likeness (QED) is 0.158. The molecule has 1 aromatic heterocycles. The van der Waals surface area contributed by atoms with Crippen molar-refractivity contribution in [2.45, 2.75) is 58.9 Å². The lowest BCUT2D eigenvalue weighted by atomic mass is 9.97. The maximum absolute atomic E-state index is 13.7. The summed E-state index contributed by atoms with van der Waals surface area (Å²) < 4.78 is 17.4. The molecule has 1 heterocycles. The molecular formula is C31H34Cl2N2O6. The summed E-state index contributed by atoms with van der Waals surface area (Å²) in [5.41, 5.74) is -0.160. The van der Waals surface area contributed by atoms with Gasteiger partial charge in [-0.1, -0.05) is 61.9 Å². The number of methoxy groups -OCH3 is 2. The molecule has 0 bridgehead atoms. The first-order valence-corrected chi connectivity index (χ1v) is 14.2. The number of nitriles is 1. The molecule has 0 aliphatic rings. The van der Waals surface area contributed by atoms with Gasteiger partial charge in [-0.25, -0.2) is 0 Å². The van der Waals surface area contributed by atoms with Gasteiger partial charge in [0.15, 0.2) is 23.0 Å². The number of carbonyl (C=O) groups excluding carboxylic acids is 1. The Morgan fingerprint density at radius 2 is 1.68 bits per heavy atom. The van der Waals surface area contributed by atoms with Gasteiger partial charge in [-0.15, -0.1) is 0 Å². The summed E-state index contributed by atoms with van der Waals surface area (Å²) in [7, 11) is 3.04. The number of aromatic hydroxyl groups is 1. The number of hydrogen-bond donors (Lipinski definition) is 1. The zero-order valence-corrected chi connectivity index (χ0v) is 25.2. The highest BCUT2D eigenvalue weighted by molar-refractivity contribution is 6.38. The predicted molar refractivity (Wildman–Crippen MR) is 159 cm³/mol. The fourth-order valence-corrected chi connectivity index (χ4v) is 5.16. The van der Waals surface area contributed by atoms with Crippen molar-refractivity contribution >= 4 is 29.0 Å². The third-order valence-corrected chi connectivity index (χ3v) is 7.42. The highest BCUT2D eigenvalue weighted by Crippen LogP contribution is 2.36. The van der Waals surface area contributed by atoms with Crippen LogP contribution in [0.2, 0.25) is 10.0 Å². The molecule has 41 heavy (non-hydrogen) atoms. The number of hydrogen-bond acceptors (Lipinski definition) is 7. The first-order chi connectivity index (χ1) is 19.7. The Bertz CT molecular complexity index is 1490. The molecule has 8 nitrogen and oxygen atoms in total. The molecule has 0 aliphatic carbocycles. The third-order valence-electron chi connectivity index (χ3n) is 6.85. The minimum Gasteiger partial charge on any atom is -0.494 e. The molecule has 0 aliphatic heterocycles. The van der Waals surface area contributed by atoms with Crippen molar-refractivity contribution in [3.05, 3.63) is 78.5 Å². The zero-order chi connectivity index (χ0) is 30.1. The van der Waals surface area contributed by atoms with Gasteiger partial charge in [-0.05, 0) is 55.2 Å². The highest BCUT2D eigenvalue weighted by atomic mass is 35.5. The third kappa shape index (κ3) is 7.35. The van der Waals surface area contributed by atoms with Crippen LogP contribution < -0.4 is 19.8 Å². The van der Waals surface area contributed by atoms with E-state index in [1.807, 2.05) is 6.07 Å². The number of rotatable bonds is 14. The first kappa shape index (κ1) is 31.9. The second-order valence-electron chi connectivity index (χ2n) is 9.57. The lowest BCUT2D eigenvalue weighted by molar-refractivity contribution is 0.103. The van der Waals surface area contributed by atoms with Gasteiger partial charge in [0, 0.05) is 12.1 Å². The van der Waals surface area contributed by atoms with Gasteiger partial charge < -0.3 is 19.3 Å². The van der Waals surface area contributed by atoms with E-state index in [-0.39, 0.29) is 44.6 Å². The van der Waals surface area contributed by atoms with E-state index in [1.54, 1.807) is 18.2 Å². The Hall–Kier alpha value is -3.67. The Morgan fingerprint density at radius 1 is 1.02 bits per heavy atom. The molecule has 0 saturated carbocycles. The van der Waals surface area contributed by atoms with Crippen LogP contribution in [0.3, 0.4) is 0 Å². The Kier molecular flexibility index (Phi) is 11.5. The molecule has 10 heteroatoms. The molecule has 1 N–H and O–H groups in total. The lowest BCUT2D eigenvalue weighted by Crippen LogP contribution is -2.27. The van der Waals surface area contributed by atoms with E-state index in [0.717, 1.165) is 35.8 Å². The van der Waals surface area contributed by atoms with Crippen molar-refractivity contribution in [3.63, 3.8) is 0 Å². The number of halogens is 2. The van der Waals surface area contributed by atoms with Gasteiger partial charge in [0.1, 0.15) is 11.6 Å². The summed E-state index contributed by atoms with van der Waals surface area (Å²) in [6.45, 7) is 4.04. The van der Waals surface area contributed by atoms with E-state index >= 15 is 0 Å². The van der Waals surface area contributed by atoms with Crippen molar-refractivity contribution in [2.75, 3.05) is 20.8 Å². The van der Waals surface area contributed by atoms with Gasteiger partial charge in [-0.3, -0.25) is 14.2 Å². The number of carbonyl (C=O) groups is 1. The van der Waals surface area contributed by atoms with Gasteiger partial charge in [0.2, 0.25) is 5.88 Å². The SMILES string of the molecule is CCCCCCCOc1c(Cl)cc(C(=O)c2c(C)c(C#N)c(=O)n(CCc3ccc(OC)c(OC)c3)c2O)cc1Cl. The number of aryl methyl sites for hydroxylation is 1. The minimum atomic E-state index is -0.696. The Morgan fingerprint density at radius 3 is 2.29 bits per heavy atom. The van der Waals surface area contributed by atoms with Crippen LogP contribution in [0.1, 0.15) is 71.6 Å². The fraction of sp³-hybridized carbons (Fsp3) is 0.387. The van der Waals surface area contributed by atoms with Crippen LogP contribution in [0.4, 0.5) is 0 Å². The largest absolute Gasteiger partial charge is 0.494 e. The van der Waals surface area contributed by atoms with Crippen molar-refractivity contribution in [2.24, 2.45) is 0 Å². The number of benzene rings is 2. The summed E-state index contributed by atoms with van der Waals surface area (Å²) >= 11 is 12.9. The summed E-state index contributed by atoms with van der Waals surface area (Å²) in [6, 6.07) is 9.98. The molecule has 0 unspecified atom stereocenters. The van der Waals surface area contributed by atoms with Crippen molar-refractivity contribution < 1.29 is 24.1 Å². The average Bonchev–Trinajstić information content (AvgIpc) is 2.95. The number of nitrogens with zero attached hydrogens (tertiary/aromatic N) is 2. The number of pyridine rings is 1. The molecule has 0 radical (unpaired) electrons. The second kappa shape index (κ2) is 14.8. The maximum Gasteiger partial charge on any atom is 0.271 e. The first-order valence-electron chi connectivity index (χ1n) is 13.4. The summed E-state index contributed by atoms with van der Waals surface area (Å²) in [4.78, 5) is 26.8. The van der Waals surface area contributed by atoms with Crippen LogP contribution in [0, 0.1) is 18.3 Å². The highest BCUT2D eigenvalue weighted by Gasteiger charge is 2.26. The van der Waals surface area contributed by atoms with Crippen molar-refractivity contribution in [1.82, 2.24) is 4.57 Å². The smallest absolute Gasteiger partial charge is 0.271 e. The summed E-state index contributed by atoms with van der Waals surface area (Å²) in [6.07, 6.45) is 5.62. The molecule has 218 valence electrons. The van der Waals surface area contributed by atoms with Crippen LogP contribution in [-0.4, -0.2) is 36.3 Å². The van der Waals surface area contributed by atoms with Crippen molar-refractivity contribution in [3.8, 4) is 29.2 Å². The molecule has 3 aromatic rings. The zero-order valence-electron chi connectivity index (χ0n) is 23.7. The standard InChI is InChI=1S/C31H34Cl2N2O6/c1-5-6-7-8-9-14-41-29-23(32)16-21(17-24(29)33)28(36)27-19(2)22(18-34)30(37)35(31(27)38)13-12-20-10-11-25(39-3)26(15-20)40-4/h10-11,15-17,38H,5-9,12-14H2,1-4H3. The van der Waals surface area contributed by atoms with Gasteiger partial charge >= 0.3 is 0 Å². The summed E-state index contributed by atoms with van der Waals surface area (Å²) in [5.74, 6) is 0.158. The summed E-state index contributed by atoms with van der Waals surface area (Å²) in [5, 5.41) is 21.2. The van der Waals surface area contributed by atoms with Crippen LogP contribution in [0.5, 0.6) is 23.1 Å². The fourth-order valence-electron chi connectivity index (χ4n) is 4.56. The van der Waals surface area contributed by atoms with Gasteiger partial charge in [0.25, 0.3) is 5.56 Å². The second-order valence-corrected chi connectivity index (χ2v) is 10.4. The molecular weight excluding hydrogens is 567 g/mol. The Labute approximate surface area is 250 Å². The van der Waals surface area contributed by atoms with E-state index < -0.39 is 17.2 Å². The molecule has 2 aromatic carbocycles. The maximum atomic E-state index is 13.7. The number of aromatic nitrogens is 1. The molecule has 0 atom stereocenters. The van der Waals surface area contributed by atoms with Crippen LogP contribution in [0.15, 0.2) is 35.1 Å². The molecule has 3 rings (SSSR count). The lowest BCUT2D eigenvalue weighted by Gasteiger charge is -2.17. The monoisotopic (exact) mass is 600 g/mol. The Balaban J connectivity index is 1.92. The van der Waals surface area contributed by atoms with Gasteiger partial charge in [0.05, 0.1) is 36.4 Å². The van der Waals surface area contributed by atoms with Crippen molar-refractivity contribution in [1.29, 1.82) is 5.26 Å². The number of ether oxygens (including phenoxy) is 3.